The first-order chi connectivity index (χ1) is 7.81. The summed E-state index contributed by atoms with van der Waals surface area (Å²) < 4.78 is 0. The van der Waals surface area contributed by atoms with Crippen LogP contribution >= 0.6 is 0 Å². The average molecular weight is 211 g/mol. The second-order valence-electron chi connectivity index (χ2n) is 4.30. The molecule has 0 amide bonds. The fourth-order valence-electron chi connectivity index (χ4n) is 2.62. The lowest BCUT2D eigenvalue weighted by Crippen LogP contribution is -1.96. The van der Waals surface area contributed by atoms with E-state index in [0.29, 0.717) is 5.71 Å². The molecule has 0 radical (unpaired) electrons. The average Bonchev–Trinajstić information content (AvgIpc) is 2.74. The van der Waals surface area contributed by atoms with Crippen LogP contribution < -0.4 is 0 Å². The summed E-state index contributed by atoms with van der Waals surface area (Å²) in [5.74, 6) is 0. The smallest absolute Gasteiger partial charge is 0.0843 e. The molecule has 2 aromatic carbocycles. The summed E-state index contributed by atoms with van der Waals surface area (Å²) >= 11 is 0. The SMILES string of the molecule is C/C(=N\O)c1ccc2c3c(cccc13)CC2. The zero-order chi connectivity index (χ0) is 11.1. The third-order valence-corrected chi connectivity index (χ3v) is 3.42. The van der Waals surface area contributed by atoms with E-state index in [1.807, 2.05) is 6.92 Å². The predicted molar refractivity (Wildman–Crippen MR) is 65.4 cm³/mol. The van der Waals surface area contributed by atoms with Crippen LogP contribution in [0, 0.1) is 0 Å². The molecule has 0 saturated heterocycles. The van der Waals surface area contributed by atoms with E-state index in [1.165, 1.54) is 21.9 Å². The predicted octanol–water partition coefficient (Wildman–Crippen LogP) is 3.14. The molecule has 0 bridgehead atoms. The standard InChI is InChI=1S/C14H13NO/c1-9(15-16)12-8-7-11-6-5-10-3-2-4-13(12)14(10)11/h2-4,7-8,16H,5-6H2,1H3/b15-9+. The normalized spacial score (nSPS) is 14.7. The largest absolute Gasteiger partial charge is 0.411 e. The van der Waals surface area contributed by atoms with Gasteiger partial charge in [0, 0.05) is 5.56 Å². The highest BCUT2D eigenvalue weighted by Crippen LogP contribution is 2.32. The first-order valence-corrected chi connectivity index (χ1v) is 5.54. The molecule has 80 valence electrons. The molecule has 0 saturated carbocycles. The van der Waals surface area contributed by atoms with Crippen LogP contribution in [0.5, 0.6) is 0 Å². The monoisotopic (exact) mass is 211 g/mol. The van der Waals surface area contributed by atoms with Gasteiger partial charge in [-0.3, -0.25) is 0 Å². The fraction of sp³-hybridized carbons (Fsp3) is 0.214. The van der Waals surface area contributed by atoms with Gasteiger partial charge in [0.2, 0.25) is 0 Å². The van der Waals surface area contributed by atoms with E-state index in [-0.39, 0.29) is 0 Å². The van der Waals surface area contributed by atoms with Crippen LogP contribution in [0.25, 0.3) is 10.8 Å². The van der Waals surface area contributed by atoms with E-state index in [4.69, 9.17) is 5.21 Å². The van der Waals surface area contributed by atoms with Crippen molar-refractivity contribution >= 4 is 16.5 Å². The van der Waals surface area contributed by atoms with Gasteiger partial charge in [-0.2, -0.15) is 0 Å². The van der Waals surface area contributed by atoms with Crippen LogP contribution in [0.3, 0.4) is 0 Å². The number of hydrogen-bond donors (Lipinski definition) is 1. The lowest BCUT2D eigenvalue weighted by molar-refractivity contribution is 0.319. The molecule has 2 nitrogen and oxygen atoms in total. The fourth-order valence-corrected chi connectivity index (χ4v) is 2.62. The molecule has 0 spiro atoms. The molecule has 0 atom stereocenters. The molecule has 16 heavy (non-hydrogen) atoms. The third kappa shape index (κ3) is 1.16. The number of nitrogens with zero attached hydrogens (tertiary/aromatic N) is 1. The van der Waals surface area contributed by atoms with E-state index >= 15 is 0 Å². The van der Waals surface area contributed by atoms with Gasteiger partial charge >= 0.3 is 0 Å². The van der Waals surface area contributed by atoms with Crippen molar-refractivity contribution in [2.24, 2.45) is 5.16 Å². The Balaban J connectivity index is 2.42. The van der Waals surface area contributed by atoms with E-state index < -0.39 is 0 Å². The lowest BCUT2D eigenvalue weighted by Gasteiger charge is -2.07. The highest BCUT2D eigenvalue weighted by Gasteiger charge is 2.16. The lowest BCUT2D eigenvalue weighted by atomic mass is 9.98. The molecule has 0 unspecified atom stereocenters. The van der Waals surface area contributed by atoms with Crippen molar-refractivity contribution in [3.8, 4) is 0 Å². The second-order valence-corrected chi connectivity index (χ2v) is 4.30. The van der Waals surface area contributed by atoms with Gasteiger partial charge in [-0.05, 0) is 41.7 Å². The van der Waals surface area contributed by atoms with Gasteiger partial charge in [0.25, 0.3) is 0 Å². The van der Waals surface area contributed by atoms with E-state index in [0.717, 1.165) is 18.4 Å². The molecular weight excluding hydrogens is 198 g/mol. The van der Waals surface area contributed by atoms with Crippen LogP contribution in [-0.2, 0) is 12.8 Å². The highest BCUT2D eigenvalue weighted by molar-refractivity contribution is 6.11. The second kappa shape index (κ2) is 3.34. The van der Waals surface area contributed by atoms with Crippen LogP contribution in [0.15, 0.2) is 35.5 Å². The Bertz CT molecular complexity index is 589. The molecule has 0 heterocycles. The van der Waals surface area contributed by atoms with Crippen LogP contribution in [0.1, 0.15) is 23.6 Å². The third-order valence-electron chi connectivity index (χ3n) is 3.42. The molecule has 1 aliphatic rings. The van der Waals surface area contributed by atoms with Crippen LogP contribution in [-0.4, -0.2) is 10.9 Å². The first kappa shape index (κ1) is 9.40. The van der Waals surface area contributed by atoms with Crippen LogP contribution in [0.2, 0.25) is 0 Å². The van der Waals surface area contributed by atoms with Crippen molar-refractivity contribution in [3.63, 3.8) is 0 Å². The molecule has 0 aliphatic heterocycles. The number of oxime groups is 1. The van der Waals surface area contributed by atoms with E-state index in [1.54, 1.807) is 0 Å². The Kier molecular flexibility index (Phi) is 1.96. The van der Waals surface area contributed by atoms with Crippen molar-refractivity contribution in [2.45, 2.75) is 19.8 Å². The molecule has 2 aromatic rings. The van der Waals surface area contributed by atoms with Crippen molar-refractivity contribution < 1.29 is 5.21 Å². The number of rotatable bonds is 1. The number of aryl methyl sites for hydroxylation is 2. The maximum Gasteiger partial charge on any atom is 0.0843 e. The van der Waals surface area contributed by atoms with Gasteiger partial charge in [0.1, 0.15) is 0 Å². The molecule has 1 N–H and O–H groups in total. The molecule has 1 aliphatic carbocycles. The summed E-state index contributed by atoms with van der Waals surface area (Å²) in [5.41, 5.74) is 4.54. The van der Waals surface area contributed by atoms with Crippen molar-refractivity contribution in [1.82, 2.24) is 0 Å². The summed E-state index contributed by atoms with van der Waals surface area (Å²) in [6.07, 6.45) is 2.26. The summed E-state index contributed by atoms with van der Waals surface area (Å²) in [4.78, 5) is 0. The summed E-state index contributed by atoms with van der Waals surface area (Å²) in [5, 5.41) is 14.8. The zero-order valence-electron chi connectivity index (χ0n) is 9.20. The van der Waals surface area contributed by atoms with Gasteiger partial charge < -0.3 is 5.21 Å². The Morgan fingerprint density at radius 1 is 1.12 bits per heavy atom. The minimum Gasteiger partial charge on any atom is -0.411 e. The number of hydrogen-bond acceptors (Lipinski definition) is 2. The van der Waals surface area contributed by atoms with Gasteiger partial charge in [-0.1, -0.05) is 35.5 Å². The molecule has 0 aromatic heterocycles. The molecule has 2 heteroatoms. The van der Waals surface area contributed by atoms with E-state index in [2.05, 4.69) is 35.5 Å². The van der Waals surface area contributed by atoms with Crippen LogP contribution in [0.4, 0.5) is 0 Å². The van der Waals surface area contributed by atoms with Gasteiger partial charge in [-0.15, -0.1) is 0 Å². The summed E-state index contributed by atoms with van der Waals surface area (Å²) in [6, 6.07) is 10.6. The van der Waals surface area contributed by atoms with Gasteiger partial charge in [0.05, 0.1) is 5.71 Å². The Morgan fingerprint density at radius 3 is 2.62 bits per heavy atom. The Labute approximate surface area is 94.2 Å². The van der Waals surface area contributed by atoms with Gasteiger partial charge in [0.15, 0.2) is 0 Å². The zero-order valence-corrected chi connectivity index (χ0v) is 9.20. The van der Waals surface area contributed by atoms with Crippen molar-refractivity contribution in [1.29, 1.82) is 0 Å². The minimum atomic E-state index is 0.676. The maximum atomic E-state index is 8.89. The maximum absolute atomic E-state index is 8.89. The van der Waals surface area contributed by atoms with E-state index in [9.17, 15) is 0 Å². The molecule has 3 rings (SSSR count). The first-order valence-electron chi connectivity index (χ1n) is 5.54. The molecular formula is C14H13NO. The Morgan fingerprint density at radius 2 is 1.88 bits per heavy atom. The Hall–Kier alpha value is -1.83. The summed E-state index contributed by atoms with van der Waals surface area (Å²) in [6.45, 7) is 1.83. The molecule has 0 fully saturated rings. The summed E-state index contributed by atoms with van der Waals surface area (Å²) in [7, 11) is 0. The van der Waals surface area contributed by atoms with Crippen molar-refractivity contribution in [2.75, 3.05) is 0 Å². The van der Waals surface area contributed by atoms with Gasteiger partial charge in [-0.25, -0.2) is 0 Å². The minimum absolute atomic E-state index is 0.676. The quantitative estimate of drug-likeness (QED) is 0.438. The van der Waals surface area contributed by atoms with Crippen molar-refractivity contribution in [3.05, 3.63) is 47.0 Å². The topological polar surface area (TPSA) is 32.6 Å². The highest BCUT2D eigenvalue weighted by atomic mass is 16.4. The number of benzene rings is 2.